The van der Waals surface area contributed by atoms with Crippen molar-refractivity contribution in [1.29, 1.82) is 0 Å². The van der Waals surface area contributed by atoms with E-state index in [2.05, 4.69) is 9.97 Å². The highest BCUT2D eigenvalue weighted by molar-refractivity contribution is 5.76. The maximum absolute atomic E-state index is 12.6. The van der Waals surface area contributed by atoms with E-state index in [9.17, 15) is 13.2 Å². The van der Waals surface area contributed by atoms with E-state index in [-0.39, 0.29) is 0 Å². The number of alkyl halides is 3. The quantitative estimate of drug-likeness (QED) is 0.717. The molecule has 6 heteroatoms. The lowest BCUT2D eigenvalue weighted by atomic mass is 10.2. The van der Waals surface area contributed by atoms with Crippen LogP contribution in [0.3, 0.4) is 0 Å². The van der Waals surface area contributed by atoms with E-state index in [0.717, 1.165) is 11.6 Å². The van der Waals surface area contributed by atoms with Crippen LogP contribution in [0, 0.1) is 0 Å². The van der Waals surface area contributed by atoms with Crippen molar-refractivity contribution in [3.05, 3.63) is 60.2 Å². The number of aromatic nitrogens is 3. The minimum Gasteiger partial charge on any atom is -0.342 e. The average Bonchev–Trinajstić information content (AvgIpc) is 2.81. The summed E-state index contributed by atoms with van der Waals surface area (Å²) >= 11 is 0. The highest BCUT2D eigenvalue weighted by Gasteiger charge is 2.32. The Bertz CT molecular complexity index is 732. The summed E-state index contributed by atoms with van der Waals surface area (Å²) in [4.78, 5) is 7.58. The molecule has 0 fully saturated rings. The van der Waals surface area contributed by atoms with Gasteiger partial charge in [-0.15, -0.1) is 0 Å². The summed E-state index contributed by atoms with van der Waals surface area (Å²) in [6.45, 7) is 0.569. The zero-order valence-corrected chi connectivity index (χ0v) is 10.3. The van der Waals surface area contributed by atoms with E-state index in [0.29, 0.717) is 17.6 Å². The first-order valence-electron chi connectivity index (χ1n) is 5.96. The van der Waals surface area contributed by atoms with E-state index in [1.165, 1.54) is 6.07 Å². The number of halogens is 3. The Labute approximate surface area is 112 Å². The largest absolute Gasteiger partial charge is 0.433 e. The maximum atomic E-state index is 12.6. The van der Waals surface area contributed by atoms with Crippen molar-refractivity contribution in [2.45, 2.75) is 12.7 Å². The Morgan fingerprint density at radius 3 is 2.45 bits per heavy atom. The molecule has 0 bridgehead atoms. The third-order valence-electron chi connectivity index (χ3n) is 3.02. The summed E-state index contributed by atoms with van der Waals surface area (Å²) in [6, 6.07) is 7.77. The first-order chi connectivity index (χ1) is 9.54. The summed E-state index contributed by atoms with van der Waals surface area (Å²) in [6.07, 6.45) is 0.682. The lowest BCUT2D eigenvalue weighted by Gasteiger charge is -2.07. The second kappa shape index (κ2) is 4.63. The van der Waals surface area contributed by atoms with Crippen molar-refractivity contribution in [2.24, 2.45) is 0 Å². The van der Waals surface area contributed by atoms with Crippen LogP contribution in [-0.2, 0) is 12.7 Å². The summed E-state index contributed by atoms with van der Waals surface area (Å²) < 4.78 is 39.6. The van der Waals surface area contributed by atoms with Crippen LogP contribution in [0.25, 0.3) is 11.0 Å². The average molecular weight is 277 g/mol. The molecule has 0 atom stereocenters. The highest BCUT2D eigenvalue weighted by atomic mass is 19.4. The predicted molar refractivity (Wildman–Crippen MR) is 68.1 cm³/mol. The van der Waals surface area contributed by atoms with Gasteiger partial charge < -0.3 is 4.57 Å². The van der Waals surface area contributed by atoms with Crippen molar-refractivity contribution >= 4 is 11.0 Å². The van der Waals surface area contributed by atoms with Crippen LogP contribution in [0.4, 0.5) is 13.2 Å². The van der Waals surface area contributed by atoms with E-state index in [4.69, 9.17) is 0 Å². The van der Waals surface area contributed by atoms with Gasteiger partial charge in [0, 0.05) is 25.1 Å². The number of fused-ring (bicyclic) bond motifs is 1. The van der Waals surface area contributed by atoms with Gasteiger partial charge >= 0.3 is 6.18 Å². The molecule has 0 unspecified atom stereocenters. The van der Waals surface area contributed by atoms with E-state index >= 15 is 0 Å². The van der Waals surface area contributed by atoms with Crippen molar-refractivity contribution in [3.63, 3.8) is 0 Å². The monoisotopic (exact) mass is 277 g/mol. The van der Waals surface area contributed by atoms with Crippen LogP contribution in [-0.4, -0.2) is 14.5 Å². The highest BCUT2D eigenvalue weighted by Crippen LogP contribution is 2.29. The van der Waals surface area contributed by atoms with Crippen molar-refractivity contribution in [1.82, 2.24) is 14.5 Å². The molecule has 0 radical (unpaired) electrons. The van der Waals surface area contributed by atoms with Gasteiger partial charge in [-0.05, 0) is 35.9 Å². The lowest BCUT2D eigenvalue weighted by Crippen LogP contribution is -2.07. The molecule has 102 valence electrons. The standard InChI is InChI=1S/C14H10F3N3/c15-14(16,17)13-2-1-12-11(19-13)5-8-20(12)9-10-3-6-18-7-4-10/h1-8H,9H2. The van der Waals surface area contributed by atoms with Crippen molar-refractivity contribution in [3.8, 4) is 0 Å². The van der Waals surface area contributed by atoms with E-state index < -0.39 is 11.9 Å². The molecule has 0 aliphatic heterocycles. The minimum absolute atomic E-state index is 0.342. The molecule has 0 aromatic carbocycles. The number of pyridine rings is 2. The fourth-order valence-electron chi connectivity index (χ4n) is 2.05. The number of nitrogens with zero attached hydrogens (tertiary/aromatic N) is 3. The van der Waals surface area contributed by atoms with E-state index in [1.807, 2.05) is 16.7 Å². The molecular formula is C14H10F3N3. The van der Waals surface area contributed by atoms with Gasteiger partial charge in [0.25, 0.3) is 0 Å². The van der Waals surface area contributed by atoms with Gasteiger partial charge in [0.2, 0.25) is 0 Å². The molecule has 3 heterocycles. The Hall–Kier alpha value is -2.37. The van der Waals surface area contributed by atoms with Gasteiger partial charge in [-0.1, -0.05) is 0 Å². The van der Waals surface area contributed by atoms with Crippen LogP contribution < -0.4 is 0 Å². The molecule has 0 saturated heterocycles. The Balaban J connectivity index is 1.98. The first-order valence-corrected chi connectivity index (χ1v) is 5.96. The fourth-order valence-corrected chi connectivity index (χ4v) is 2.05. The van der Waals surface area contributed by atoms with Gasteiger partial charge in [0.05, 0.1) is 11.0 Å². The molecule has 3 aromatic rings. The normalized spacial score (nSPS) is 11.9. The third kappa shape index (κ3) is 2.36. The summed E-state index contributed by atoms with van der Waals surface area (Å²) in [7, 11) is 0. The summed E-state index contributed by atoms with van der Waals surface area (Å²) in [5.74, 6) is 0. The third-order valence-corrected chi connectivity index (χ3v) is 3.02. The first kappa shape index (κ1) is 12.7. The van der Waals surface area contributed by atoms with Gasteiger partial charge in [0.1, 0.15) is 5.69 Å². The van der Waals surface area contributed by atoms with Crippen LogP contribution in [0.1, 0.15) is 11.3 Å². The molecule has 0 N–H and O–H groups in total. The van der Waals surface area contributed by atoms with Gasteiger partial charge in [0.15, 0.2) is 0 Å². The smallest absolute Gasteiger partial charge is 0.342 e. The molecule has 0 saturated carbocycles. The number of rotatable bonds is 2. The fraction of sp³-hybridized carbons (Fsp3) is 0.143. The van der Waals surface area contributed by atoms with Crippen LogP contribution >= 0.6 is 0 Å². The van der Waals surface area contributed by atoms with Crippen molar-refractivity contribution in [2.75, 3.05) is 0 Å². The number of hydrogen-bond donors (Lipinski definition) is 0. The van der Waals surface area contributed by atoms with Gasteiger partial charge in [-0.25, -0.2) is 4.98 Å². The topological polar surface area (TPSA) is 30.7 Å². The molecule has 0 amide bonds. The van der Waals surface area contributed by atoms with Gasteiger partial charge in [-0.2, -0.15) is 13.2 Å². The SMILES string of the molecule is FC(F)(F)c1ccc2c(ccn2Cc2ccncc2)n1. The van der Waals surface area contributed by atoms with Crippen LogP contribution in [0.5, 0.6) is 0 Å². The molecule has 3 aromatic heterocycles. The zero-order valence-electron chi connectivity index (χ0n) is 10.3. The summed E-state index contributed by atoms with van der Waals surface area (Å²) in [5.41, 5.74) is 1.17. The lowest BCUT2D eigenvalue weighted by molar-refractivity contribution is -0.140. The predicted octanol–water partition coefficient (Wildman–Crippen LogP) is 3.50. The Morgan fingerprint density at radius 1 is 1.00 bits per heavy atom. The maximum Gasteiger partial charge on any atom is 0.433 e. The Kier molecular flexibility index (Phi) is 2.93. The number of hydrogen-bond acceptors (Lipinski definition) is 2. The molecule has 0 aliphatic carbocycles. The van der Waals surface area contributed by atoms with Crippen molar-refractivity contribution < 1.29 is 13.2 Å². The second-order valence-electron chi connectivity index (χ2n) is 4.40. The van der Waals surface area contributed by atoms with Crippen LogP contribution in [0.15, 0.2) is 48.9 Å². The second-order valence-corrected chi connectivity index (χ2v) is 4.40. The molecule has 20 heavy (non-hydrogen) atoms. The molecule has 3 nitrogen and oxygen atoms in total. The molecular weight excluding hydrogens is 267 g/mol. The van der Waals surface area contributed by atoms with Crippen LogP contribution in [0.2, 0.25) is 0 Å². The summed E-state index contributed by atoms with van der Waals surface area (Å²) in [5, 5.41) is 0. The minimum atomic E-state index is -4.42. The van der Waals surface area contributed by atoms with Gasteiger partial charge in [-0.3, -0.25) is 4.98 Å². The molecule has 0 spiro atoms. The zero-order chi connectivity index (χ0) is 14.2. The van der Waals surface area contributed by atoms with E-state index in [1.54, 1.807) is 24.7 Å². The molecule has 0 aliphatic rings. The molecule has 3 rings (SSSR count). The Morgan fingerprint density at radius 2 is 1.75 bits per heavy atom.